The van der Waals surface area contributed by atoms with Gasteiger partial charge >= 0.3 is 0 Å². The van der Waals surface area contributed by atoms with Gasteiger partial charge in [0.25, 0.3) is 0 Å². The highest BCUT2D eigenvalue weighted by Crippen LogP contribution is 2.21. The van der Waals surface area contributed by atoms with Gasteiger partial charge in [-0.1, -0.05) is 0 Å². The van der Waals surface area contributed by atoms with Crippen LogP contribution in [0.25, 0.3) is 11.2 Å². The van der Waals surface area contributed by atoms with Crippen LogP contribution in [0.3, 0.4) is 0 Å². The zero-order valence-electron chi connectivity index (χ0n) is 10.8. The molecule has 2 aromatic heterocycles. The molecule has 96 valence electrons. The minimum Gasteiger partial charge on any atom is -0.364 e. The first-order valence-corrected chi connectivity index (χ1v) is 6.44. The number of nitrogens with one attached hydrogen (secondary N) is 2. The third kappa shape index (κ3) is 1.82. The van der Waals surface area contributed by atoms with Crippen LogP contribution in [0.4, 0.5) is 5.82 Å². The van der Waals surface area contributed by atoms with Gasteiger partial charge in [-0.05, 0) is 26.8 Å². The lowest BCUT2D eigenvalue weighted by Crippen LogP contribution is -2.22. The molecule has 0 aromatic carbocycles. The Hall–Kier alpha value is -1.69. The van der Waals surface area contributed by atoms with Crippen LogP contribution in [-0.2, 0) is 6.54 Å². The maximum atomic E-state index is 4.58. The molecule has 2 aromatic rings. The maximum absolute atomic E-state index is 4.58. The molecule has 0 saturated carbocycles. The van der Waals surface area contributed by atoms with Crippen LogP contribution in [-0.4, -0.2) is 38.7 Å². The number of anilines is 1. The van der Waals surface area contributed by atoms with E-state index in [1.807, 2.05) is 6.92 Å². The molecule has 1 saturated heterocycles. The number of hydrogen-bond acceptors (Lipinski definition) is 5. The van der Waals surface area contributed by atoms with Gasteiger partial charge in [-0.15, -0.1) is 0 Å². The van der Waals surface area contributed by atoms with Crippen molar-refractivity contribution in [1.29, 1.82) is 0 Å². The third-order valence-electron chi connectivity index (χ3n) is 3.44. The molecule has 2 N–H and O–H groups in total. The van der Waals surface area contributed by atoms with Gasteiger partial charge in [-0.25, -0.2) is 15.0 Å². The summed E-state index contributed by atoms with van der Waals surface area (Å²) in [4.78, 5) is 13.3. The number of imidazole rings is 1. The molecule has 0 aliphatic carbocycles. The van der Waals surface area contributed by atoms with Crippen molar-refractivity contribution >= 4 is 17.0 Å². The molecule has 0 bridgehead atoms. The summed E-state index contributed by atoms with van der Waals surface area (Å²) in [7, 11) is 0. The van der Waals surface area contributed by atoms with E-state index in [9.17, 15) is 0 Å². The number of hydrogen-bond donors (Lipinski definition) is 2. The Kier molecular flexibility index (Phi) is 2.87. The second-order valence-electron chi connectivity index (χ2n) is 4.63. The average Bonchev–Trinajstić information content (AvgIpc) is 2.96. The van der Waals surface area contributed by atoms with Crippen molar-refractivity contribution < 1.29 is 0 Å². The smallest absolute Gasteiger partial charge is 0.165 e. The van der Waals surface area contributed by atoms with E-state index in [4.69, 9.17) is 0 Å². The molecule has 1 fully saturated rings. The molecular formula is C12H18N6. The molecule has 1 atom stereocenters. The van der Waals surface area contributed by atoms with E-state index in [1.165, 1.54) is 0 Å². The molecule has 6 heteroatoms. The lowest BCUT2D eigenvalue weighted by Gasteiger charge is -2.11. The van der Waals surface area contributed by atoms with Gasteiger partial charge in [0.2, 0.25) is 0 Å². The van der Waals surface area contributed by atoms with Crippen molar-refractivity contribution in [2.45, 2.75) is 32.9 Å². The number of rotatable bonds is 3. The third-order valence-corrected chi connectivity index (χ3v) is 3.44. The predicted octanol–water partition coefficient (Wildman–Crippen LogP) is 0.928. The summed E-state index contributed by atoms with van der Waals surface area (Å²) in [6, 6.07) is 0.440. The van der Waals surface area contributed by atoms with Gasteiger partial charge in [0.05, 0.1) is 0 Å². The molecule has 1 aliphatic heterocycles. The Balaban J connectivity index is 2.01. The Bertz CT molecular complexity index is 555. The van der Waals surface area contributed by atoms with Crippen LogP contribution in [0, 0.1) is 6.92 Å². The Morgan fingerprint density at radius 3 is 3.11 bits per heavy atom. The Labute approximate surface area is 106 Å². The summed E-state index contributed by atoms with van der Waals surface area (Å²) < 4.78 is 2.11. The van der Waals surface area contributed by atoms with Crippen molar-refractivity contribution in [2.75, 3.05) is 18.4 Å². The second-order valence-corrected chi connectivity index (χ2v) is 4.63. The van der Waals surface area contributed by atoms with Gasteiger partial charge in [0.15, 0.2) is 17.0 Å². The quantitative estimate of drug-likeness (QED) is 0.843. The standard InChI is InChI=1S/C12H18N6/c1-3-18-8(2)16-10-11(14-7-15-12(10)18)17-9-4-5-13-6-9/h7,9,13H,3-6H2,1-2H3,(H,14,15,17). The Morgan fingerprint density at radius 2 is 2.39 bits per heavy atom. The fourth-order valence-electron chi connectivity index (χ4n) is 2.50. The number of aromatic nitrogens is 4. The van der Waals surface area contributed by atoms with Crippen molar-refractivity contribution in [3.8, 4) is 0 Å². The molecule has 0 spiro atoms. The van der Waals surface area contributed by atoms with E-state index in [2.05, 4.69) is 37.1 Å². The lowest BCUT2D eigenvalue weighted by atomic mass is 10.2. The summed E-state index contributed by atoms with van der Waals surface area (Å²) in [6.45, 7) is 7.04. The van der Waals surface area contributed by atoms with Crippen LogP contribution >= 0.6 is 0 Å². The molecule has 18 heavy (non-hydrogen) atoms. The van der Waals surface area contributed by atoms with Gasteiger partial charge < -0.3 is 15.2 Å². The molecule has 1 unspecified atom stereocenters. The average molecular weight is 246 g/mol. The van der Waals surface area contributed by atoms with E-state index >= 15 is 0 Å². The van der Waals surface area contributed by atoms with Crippen LogP contribution in [0.1, 0.15) is 19.2 Å². The summed E-state index contributed by atoms with van der Waals surface area (Å²) >= 11 is 0. The lowest BCUT2D eigenvalue weighted by molar-refractivity contribution is 0.745. The molecule has 3 rings (SSSR count). The molecule has 0 amide bonds. The number of nitrogens with zero attached hydrogens (tertiary/aromatic N) is 4. The molecule has 0 radical (unpaired) electrons. The Morgan fingerprint density at radius 1 is 1.50 bits per heavy atom. The largest absolute Gasteiger partial charge is 0.364 e. The van der Waals surface area contributed by atoms with E-state index in [0.717, 1.165) is 48.9 Å². The van der Waals surface area contributed by atoms with E-state index in [-0.39, 0.29) is 0 Å². The van der Waals surface area contributed by atoms with Gasteiger partial charge in [-0.2, -0.15) is 0 Å². The monoisotopic (exact) mass is 246 g/mol. The van der Waals surface area contributed by atoms with E-state index in [1.54, 1.807) is 6.33 Å². The summed E-state index contributed by atoms with van der Waals surface area (Å²) in [6.07, 6.45) is 2.74. The first-order valence-electron chi connectivity index (χ1n) is 6.44. The zero-order chi connectivity index (χ0) is 12.5. The zero-order valence-corrected chi connectivity index (χ0v) is 10.8. The topological polar surface area (TPSA) is 67.7 Å². The molecule has 1 aliphatic rings. The van der Waals surface area contributed by atoms with E-state index < -0.39 is 0 Å². The normalized spacial score (nSPS) is 19.6. The summed E-state index contributed by atoms with van der Waals surface area (Å²) in [5.41, 5.74) is 1.79. The summed E-state index contributed by atoms with van der Waals surface area (Å²) in [5.74, 6) is 1.84. The summed E-state index contributed by atoms with van der Waals surface area (Å²) in [5, 5.41) is 6.80. The highest BCUT2D eigenvalue weighted by Gasteiger charge is 2.18. The SMILES string of the molecule is CCn1c(C)nc2c(NC3CCNC3)ncnc21. The van der Waals surface area contributed by atoms with Crippen LogP contribution in [0.5, 0.6) is 0 Å². The first kappa shape index (κ1) is 11.4. The van der Waals surface area contributed by atoms with Crippen molar-refractivity contribution in [1.82, 2.24) is 24.8 Å². The van der Waals surface area contributed by atoms with Crippen molar-refractivity contribution in [3.05, 3.63) is 12.2 Å². The van der Waals surface area contributed by atoms with Gasteiger partial charge in [0, 0.05) is 19.1 Å². The highest BCUT2D eigenvalue weighted by molar-refractivity contribution is 5.83. The van der Waals surface area contributed by atoms with E-state index in [0.29, 0.717) is 6.04 Å². The highest BCUT2D eigenvalue weighted by atomic mass is 15.2. The number of aryl methyl sites for hydroxylation is 2. The first-order chi connectivity index (χ1) is 8.79. The van der Waals surface area contributed by atoms with Crippen LogP contribution in [0.15, 0.2) is 6.33 Å². The molecule has 6 nitrogen and oxygen atoms in total. The van der Waals surface area contributed by atoms with Crippen molar-refractivity contribution in [3.63, 3.8) is 0 Å². The van der Waals surface area contributed by atoms with Crippen LogP contribution < -0.4 is 10.6 Å². The minimum atomic E-state index is 0.440. The second kappa shape index (κ2) is 4.53. The molecular weight excluding hydrogens is 228 g/mol. The van der Waals surface area contributed by atoms with Crippen molar-refractivity contribution in [2.24, 2.45) is 0 Å². The predicted molar refractivity (Wildman–Crippen MR) is 70.6 cm³/mol. The number of fused-ring (bicyclic) bond motifs is 1. The van der Waals surface area contributed by atoms with Crippen LogP contribution in [0.2, 0.25) is 0 Å². The molecule has 3 heterocycles. The fourth-order valence-corrected chi connectivity index (χ4v) is 2.50. The van der Waals surface area contributed by atoms with Gasteiger partial charge in [0.1, 0.15) is 12.2 Å². The van der Waals surface area contributed by atoms with Gasteiger partial charge in [-0.3, -0.25) is 0 Å². The minimum absolute atomic E-state index is 0.440. The fraction of sp³-hybridized carbons (Fsp3) is 0.583. The maximum Gasteiger partial charge on any atom is 0.165 e.